The molecule has 2 rings (SSSR count). The average molecular weight is 255 g/mol. The van der Waals surface area contributed by atoms with Crippen LogP contribution in [0, 0.1) is 0 Å². The summed E-state index contributed by atoms with van der Waals surface area (Å²) in [5.41, 5.74) is 6.27. The Morgan fingerprint density at radius 3 is 2.50 bits per heavy atom. The second-order valence-corrected chi connectivity index (χ2v) is 4.40. The first-order valence-electron chi connectivity index (χ1n) is 4.49. The fourth-order valence-corrected chi connectivity index (χ4v) is 1.50. The molecule has 0 aliphatic heterocycles. The molecule has 0 saturated heterocycles. The molecule has 2 atom stereocenters. The second-order valence-electron chi connectivity index (χ2n) is 3.49. The molecule has 0 aromatic heterocycles. The summed E-state index contributed by atoms with van der Waals surface area (Å²) >= 11 is 3.32. The third kappa shape index (κ3) is 2.13. The summed E-state index contributed by atoms with van der Waals surface area (Å²) < 4.78 is 0.970. The van der Waals surface area contributed by atoms with Gasteiger partial charge in [0, 0.05) is 22.1 Å². The van der Waals surface area contributed by atoms with Crippen molar-refractivity contribution in [3.05, 3.63) is 34.3 Å². The van der Waals surface area contributed by atoms with E-state index in [0.717, 1.165) is 10.9 Å². The van der Waals surface area contributed by atoms with Gasteiger partial charge in [-0.3, -0.25) is 4.79 Å². The number of carbonyl (C=O) groups is 1. The SMILES string of the molecule is NC1CC1NC(=O)c1ccc(Br)cc1. The van der Waals surface area contributed by atoms with Gasteiger partial charge in [0.2, 0.25) is 0 Å². The lowest BCUT2D eigenvalue weighted by Gasteiger charge is -2.03. The van der Waals surface area contributed by atoms with Gasteiger partial charge in [0.25, 0.3) is 5.91 Å². The number of halogens is 1. The fraction of sp³-hybridized carbons (Fsp3) is 0.300. The third-order valence-corrected chi connectivity index (χ3v) is 2.79. The Kier molecular flexibility index (Phi) is 2.56. The fourth-order valence-electron chi connectivity index (χ4n) is 1.23. The number of amides is 1. The van der Waals surface area contributed by atoms with Gasteiger partial charge in [0.05, 0.1) is 0 Å². The predicted molar refractivity (Wildman–Crippen MR) is 58.0 cm³/mol. The largest absolute Gasteiger partial charge is 0.348 e. The van der Waals surface area contributed by atoms with Gasteiger partial charge < -0.3 is 11.1 Å². The lowest BCUT2D eigenvalue weighted by Crippen LogP contribution is -2.29. The van der Waals surface area contributed by atoms with E-state index in [2.05, 4.69) is 21.2 Å². The second kappa shape index (κ2) is 3.71. The number of hydrogen-bond donors (Lipinski definition) is 2. The van der Waals surface area contributed by atoms with Gasteiger partial charge >= 0.3 is 0 Å². The van der Waals surface area contributed by atoms with Gasteiger partial charge in [-0.15, -0.1) is 0 Å². The van der Waals surface area contributed by atoms with E-state index in [9.17, 15) is 4.79 Å². The van der Waals surface area contributed by atoms with Crippen LogP contribution in [0.3, 0.4) is 0 Å². The maximum Gasteiger partial charge on any atom is 0.251 e. The molecule has 14 heavy (non-hydrogen) atoms. The van der Waals surface area contributed by atoms with Crippen LogP contribution in [0.5, 0.6) is 0 Å². The Morgan fingerprint density at radius 1 is 1.43 bits per heavy atom. The summed E-state index contributed by atoms with van der Waals surface area (Å²) in [7, 11) is 0. The van der Waals surface area contributed by atoms with Gasteiger partial charge in [-0.1, -0.05) is 15.9 Å². The molecule has 1 amide bonds. The minimum atomic E-state index is -0.0459. The van der Waals surface area contributed by atoms with E-state index in [1.165, 1.54) is 0 Å². The zero-order valence-corrected chi connectivity index (χ0v) is 9.12. The highest BCUT2D eigenvalue weighted by Crippen LogP contribution is 2.18. The average Bonchev–Trinajstić information content (AvgIpc) is 2.82. The van der Waals surface area contributed by atoms with Gasteiger partial charge in [0.15, 0.2) is 0 Å². The summed E-state index contributed by atoms with van der Waals surface area (Å²) in [6.45, 7) is 0. The van der Waals surface area contributed by atoms with Crippen molar-refractivity contribution < 1.29 is 4.79 Å². The van der Waals surface area contributed by atoms with Gasteiger partial charge in [-0.2, -0.15) is 0 Å². The topological polar surface area (TPSA) is 55.1 Å². The van der Waals surface area contributed by atoms with Crippen LogP contribution in [0.25, 0.3) is 0 Å². The summed E-state index contributed by atoms with van der Waals surface area (Å²) in [6, 6.07) is 7.59. The molecule has 1 fully saturated rings. The first kappa shape index (κ1) is 9.68. The number of nitrogens with one attached hydrogen (secondary N) is 1. The van der Waals surface area contributed by atoms with Crippen LogP contribution in [0.2, 0.25) is 0 Å². The van der Waals surface area contributed by atoms with Crippen LogP contribution in [0.4, 0.5) is 0 Å². The van der Waals surface area contributed by atoms with Crippen molar-refractivity contribution in [2.75, 3.05) is 0 Å². The lowest BCUT2D eigenvalue weighted by molar-refractivity contribution is 0.0950. The van der Waals surface area contributed by atoms with Crippen molar-refractivity contribution in [3.63, 3.8) is 0 Å². The molecule has 0 radical (unpaired) electrons. The summed E-state index contributed by atoms with van der Waals surface area (Å²) in [4.78, 5) is 11.6. The molecule has 74 valence electrons. The van der Waals surface area contributed by atoms with Crippen molar-refractivity contribution >= 4 is 21.8 Å². The zero-order chi connectivity index (χ0) is 10.1. The number of rotatable bonds is 2. The minimum absolute atomic E-state index is 0.0459. The van der Waals surface area contributed by atoms with Gasteiger partial charge in [-0.25, -0.2) is 0 Å². The monoisotopic (exact) mass is 254 g/mol. The molecule has 0 heterocycles. The molecule has 0 bridgehead atoms. The predicted octanol–water partition coefficient (Wildman–Crippen LogP) is 1.28. The zero-order valence-electron chi connectivity index (χ0n) is 7.53. The quantitative estimate of drug-likeness (QED) is 0.836. The lowest BCUT2D eigenvalue weighted by atomic mass is 10.2. The van der Waals surface area contributed by atoms with Gasteiger partial charge in [0.1, 0.15) is 0 Å². The smallest absolute Gasteiger partial charge is 0.251 e. The summed E-state index contributed by atoms with van der Waals surface area (Å²) in [5.74, 6) is -0.0459. The molecule has 3 nitrogen and oxygen atoms in total. The van der Waals surface area contributed by atoms with Gasteiger partial charge in [-0.05, 0) is 30.7 Å². The molecule has 1 aromatic rings. The Labute approximate surface area is 90.8 Å². The van der Waals surface area contributed by atoms with Crippen LogP contribution in [-0.2, 0) is 0 Å². The van der Waals surface area contributed by atoms with E-state index < -0.39 is 0 Å². The Morgan fingerprint density at radius 2 is 2.00 bits per heavy atom. The molecule has 1 aliphatic carbocycles. The van der Waals surface area contributed by atoms with Crippen molar-refractivity contribution in [3.8, 4) is 0 Å². The first-order valence-corrected chi connectivity index (χ1v) is 5.28. The maximum absolute atomic E-state index is 11.6. The van der Waals surface area contributed by atoms with Crippen LogP contribution < -0.4 is 11.1 Å². The number of carbonyl (C=O) groups excluding carboxylic acids is 1. The van der Waals surface area contributed by atoms with E-state index in [0.29, 0.717) is 5.56 Å². The van der Waals surface area contributed by atoms with E-state index in [4.69, 9.17) is 5.73 Å². The highest BCUT2D eigenvalue weighted by atomic mass is 79.9. The maximum atomic E-state index is 11.6. The third-order valence-electron chi connectivity index (χ3n) is 2.26. The molecule has 1 aromatic carbocycles. The van der Waals surface area contributed by atoms with E-state index in [1.807, 2.05) is 12.1 Å². The van der Waals surface area contributed by atoms with Crippen molar-refractivity contribution in [1.29, 1.82) is 0 Å². The summed E-state index contributed by atoms with van der Waals surface area (Å²) in [6.07, 6.45) is 0.891. The molecule has 1 saturated carbocycles. The molecule has 4 heteroatoms. The Bertz CT molecular complexity index is 350. The van der Waals surface area contributed by atoms with E-state index >= 15 is 0 Å². The number of nitrogens with two attached hydrogens (primary N) is 1. The normalized spacial score (nSPS) is 24.4. The summed E-state index contributed by atoms with van der Waals surface area (Å²) in [5, 5.41) is 2.86. The molecule has 1 aliphatic rings. The van der Waals surface area contributed by atoms with E-state index in [-0.39, 0.29) is 18.0 Å². The van der Waals surface area contributed by atoms with Crippen molar-refractivity contribution in [2.45, 2.75) is 18.5 Å². The van der Waals surface area contributed by atoms with Crippen LogP contribution in [0.1, 0.15) is 16.8 Å². The highest BCUT2D eigenvalue weighted by Gasteiger charge is 2.34. The molecule has 3 N–H and O–H groups in total. The van der Waals surface area contributed by atoms with Crippen LogP contribution >= 0.6 is 15.9 Å². The number of hydrogen-bond acceptors (Lipinski definition) is 2. The van der Waals surface area contributed by atoms with Crippen LogP contribution in [0.15, 0.2) is 28.7 Å². The first-order chi connectivity index (χ1) is 6.66. The van der Waals surface area contributed by atoms with Crippen molar-refractivity contribution in [1.82, 2.24) is 5.32 Å². The minimum Gasteiger partial charge on any atom is -0.348 e. The molecular weight excluding hydrogens is 244 g/mol. The molecule has 0 spiro atoms. The highest BCUT2D eigenvalue weighted by molar-refractivity contribution is 9.10. The van der Waals surface area contributed by atoms with Crippen LogP contribution in [-0.4, -0.2) is 18.0 Å². The van der Waals surface area contributed by atoms with E-state index in [1.54, 1.807) is 12.1 Å². The Balaban J connectivity index is 2.00. The molecule has 2 unspecified atom stereocenters. The standard InChI is InChI=1S/C10H11BrN2O/c11-7-3-1-6(2-4-7)10(14)13-9-5-8(9)12/h1-4,8-9H,5,12H2,(H,13,14). The Hall–Kier alpha value is -0.870. The van der Waals surface area contributed by atoms with Crippen molar-refractivity contribution in [2.24, 2.45) is 5.73 Å². The number of benzene rings is 1. The molecular formula is C10H11BrN2O.